The maximum absolute atomic E-state index is 13.3. The first kappa shape index (κ1) is 22.6. The van der Waals surface area contributed by atoms with Crippen LogP contribution in [0.5, 0.6) is 0 Å². The fourth-order valence-corrected chi connectivity index (χ4v) is 2.91. The number of methoxy groups -OCH3 is 2. The van der Waals surface area contributed by atoms with Crippen LogP contribution < -0.4 is 5.32 Å². The number of nitrogens with one attached hydrogen (secondary N) is 1. The summed E-state index contributed by atoms with van der Waals surface area (Å²) >= 11 is 0. The molecular formula is C22H16F3NO6. The van der Waals surface area contributed by atoms with Crippen LogP contribution in [0.4, 0.5) is 18.9 Å². The topological polar surface area (TPSA) is 94.8 Å². The number of halogens is 3. The van der Waals surface area contributed by atoms with Gasteiger partial charge in [-0.25, -0.2) is 9.59 Å². The number of furan rings is 1. The summed E-state index contributed by atoms with van der Waals surface area (Å²) in [6.45, 7) is 0. The second kappa shape index (κ2) is 8.96. The van der Waals surface area contributed by atoms with Crippen molar-refractivity contribution < 1.29 is 41.4 Å². The lowest BCUT2D eigenvalue weighted by Gasteiger charge is -2.11. The normalized spacial score (nSPS) is 11.0. The van der Waals surface area contributed by atoms with Crippen molar-refractivity contribution in [2.75, 3.05) is 19.5 Å². The first-order valence-corrected chi connectivity index (χ1v) is 9.04. The third kappa shape index (κ3) is 4.64. The summed E-state index contributed by atoms with van der Waals surface area (Å²) in [6.07, 6.45) is -4.62. The Hall–Kier alpha value is -4.08. The zero-order valence-electron chi connectivity index (χ0n) is 16.8. The number of hydrogen-bond acceptors (Lipinski definition) is 6. The van der Waals surface area contributed by atoms with E-state index in [1.54, 1.807) is 0 Å². The van der Waals surface area contributed by atoms with Crippen molar-refractivity contribution in [3.8, 4) is 11.3 Å². The predicted molar refractivity (Wildman–Crippen MR) is 106 cm³/mol. The molecule has 0 aliphatic carbocycles. The Morgan fingerprint density at radius 3 is 2.25 bits per heavy atom. The minimum absolute atomic E-state index is 0.0506. The van der Waals surface area contributed by atoms with E-state index in [4.69, 9.17) is 4.42 Å². The van der Waals surface area contributed by atoms with Gasteiger partial charge in [-0.05, 0) is 36.4 Å². The van der Waals surface area contributed by atoms with E-state index >= 15 is 0 Å². The molecule has 10 heteroatoms. The number of benzene rings is 2. The molecular weight excluding hydrogens is 431 g/mol. The van der Waals surface area contributed by atoms with E-state index in [-0.39, 0.29) is 33.9 Å². The van der Waals surface area contributed by atoms with Gasteiger partial charge in [-0.2, -0.15) is 13.2 Å². The second-order valence-electron chi connectivity index (χ2n) is 6.40. The van der Waals surface area contributed by atoms with Gasteiger partial charge in [0.25, 0.3) is 5.91 Å². The first-order chi connectivity index (χ1) is 15.2. The van der Waals surface area contributed by atoms with Gasteiger partial charge in [-0.1, -0.05) is 18.2 Å². The van der Waals surface area contributed by atoms with Crippen molar-refractivity contribution in [2.24, 2.45) is 0 Å². The summed E-state index contributed by atoms with van der Waals surface area (Å²) in [5.74, 6) is -2.82. The van der Waals surface area contributed by atoms with E-state index in [1.165, 1.54) is 48.5 Å². The number of esters is 2. The van der Waals surface area contributed by atoms with Gasteiger partial charge < -0.3 is 19.2 Å². The van der Waals surface area contributed by atoms with Crippen molar-refractivity contribution in [3.05, 3.63) is 77.0 Å². The average molecular weight is 447 g/mol. The molecule has 0 radical (unpaired) electrons. The fraction of sp³-hybridized carbons (Fsp3) is 0.136. The number of alkyl halides is 3. The molecule has 1 aromatic heterocycles. The largest absolute Gasteiger partial charge is 0.465 e. The lowest BCUT2D eigenvalue weighted by atomic mass is 10.1. The molecule has 0 aliphatic heterocycles. The zero-order valence-corrected chi connectivity index (χ0v) is 16.8. The van der Waals surface area contributed by atoms with E-state index in [0.717, 1.165) is 20.3 Å². The van der Waals surface area contributed by atoms with Crippen molar-refractivity contribution >= 4 is 23.5 Å². The third-order valence-electron chi connectivity index (χ3n) is 4.42. The summed E-state index contributed by atoms with van der Waals surface area (Å²) in [5.41, 5.74) is -1.22. The fourth-order valence-electron chi connectivity index (χ4n) is 2.91. The van der Waals surface area contributed by atoms with Crippen LogP contribution in [-0.4, -0.2) is 32.1 Å². The Bertz CT molecular complexity index is 1180. The molecule has 0 aliphatic rings. The molecule has 32 heavy (non-hydrogen) atoms. The van der Waals surface area contributed by atoms with E-state index < -0.39 is 29.6 Å². The van der Waals surface area contributed by atoms with Gasteiger partial charge in [0, 0.05) is 5.56 Å². The number of rotatable bonds is 5. The molecule has 1 amide bonds. The zero-order chi connectivity index (χ0) is 23.5. The molecule has 3 aromatic rings. The molecule has 2 aromatic carbocycles. The maximum atomic E-state index is 13.3. The molecule has 166 valence electrons. The molecule has 0 spiro atoms. The number of anilines is 1. The molecule has 1 N–H and O–H groups in total. The lowest BCUT2D eigenvalue weighted by Crippen LogP contribution is -2.16. The van der Waals surface area contributed by atoms with Gasteiger partial charge in [0.15, 0.2) is 5.76 Å². The molecule has 3 rings (SSSR count). The highest BCUT2D eigenvalue weighted by molar-refractivity contribution is 6.08. The van der Waals surface area contributed by atoms with Gasteiger partial charge in [0.05, 0.1) is 36.6 Å². The number of carbonyl (C=O) groups excluding carboxylic acids is 3. The highest BCUT2D eigenvalue weighted by Crippen LogP contribution is 2.37. The predicted octanol–water partition coefficient (Wildman–Crippen LogP) is 4.79. The summed E-state index contributed by atoms with van der Waals surface area (Å²) in [5, 5.41) is 2.41. The quantitative estimate of drug-likeness (QED) is 0.565. The van der Waals surface area contributed by atoms with E-state index in [2.05, 4.69) is 14.8 Å². The van der Waals surface area contributed by atoms with Crippen LogP contribution in [0.15, 0.2) is 59.0 Å². The number of ether oxygens (including phenoxy) is 2. The van der Waals surface area contributed by atoms with Crippen molar-refractivity contribution in [1.29, 1.82) is 0 Å². The van der Waals surface area contributed by atoms with E-state index in [9.17, 15) is 27.6 Å². The molecule has 1 heterocycles. The molecule has 7 nitrogen and oxygen atoms in total. The molecule has 0 unspecified atom stereocenters. The summed E-state index contributed by atoms with van der Waals surface area (Å²) in [4.78, 5) is 36.4. The highest BCUT2D eigenvalue weighted by atomic mass is 19.4. The standard InChI is InChI=1S/C22H16F3NO6/c1-30-20(28)12-7-8-14(21(29)31-2)16(11-12)26-19(27)18-10-9-17(32-18)13-5-3-4-6-15(13)22(23,24)25/h3-11H,1-2H3,(H,26,27). The van der Waals surface area contributed by atoms with E-state index in [0.29, 0.717) is 0 Å². The van der Waals surface area contributed by atoms with Gasteiger partial charge in [-0.15, -0.1) is 0 Å². The Kier molecular flexibility index (Phi) is 6.33. The van der Waals surface area contributed by atoms with Crippen molar-refractivity contribution in [1.82, 2.24) is 0 Å². The molecule has 0 bridgehead atoms. The smallest absolute Gasteiger partial charge is 0.417 e. The summed E-state index contributed by atoms with van der Waals surface area (Å²) < 4.78 is 54.4. The van der Waals surface area contributed by atoms with Crippen molar-refractivity contribution in [3.63, 3.8) is 0 Å². The van der Waals surface area contributed by atoms with Crippen LogP contribution in [-0.2, 0) is 15.7 Å². The second-order valence-corrected chi connectivity index (χ2v) is 6.40. The van der Waals surface area contributed by atoms with Crippen molar-refractivity contribution in [2.45, 2.75) is 6.18 Å². The minimum atomic E-state index is -4.62. The Morgan fingerprint density at radius 1 is 0.906 bits per heavy atom. The Balaban J connectivity index is 1.94. The Labute approximate surface area is 179 Å². The van der Waals surface area contributed by atoms with Gasteiger partial charge in [-0.3, -0.25) is 4.79 Å². The number of carbonyl (C=O) groups is 3. The van der Waals surface area contributed by atoms with Crippen LogP contribution in [0.1, 0.15) is 36.8 Å². The summed E-state index contributed by atoms with van der Waals surface area (Å²) in [6, 6.07) is 11.0. The van der Waals surface area contributed by atoms with Crippen LogP contribution in [0.2, 0.25) is 0 Å². The summed E-state index contributed by atoms with van der Waals surface area (Å²) in [7, 11) is 2.30. The van der Waals surface area contributed by atoms with Crippen LogP contribution in [0.25, 0.3) is 11.3 Å². The van der Waals surface area contributed by atoms with Crippen LogP contribution in [0.3, 0.4) is 0 Å². The average Bonchev–Trinajstić information content (AvgIpc) is 3.28. The van der Waals surface area contributed by atoms with Gasteiger partial charge in [0.2, 0.25) is 0 Å². The van der Waals surface area contributed by atoms with Crippen LogP contribution >= 0.6 is 0 Å². The first-order valence-electron chi connectivity index (χ1n) is 9.04. The SMILES string of the molecule is COC(=O)c1ccc(C(=O)OC)c(NC(=O)c2ccc(-c3ccccc3C(F)(F)F)o2)c1. The minimum Gasteiger partial charge on any atom is -0.465 e. The highest BCUT2D eigenvalue weighted by Gasteiger charge is 2.34. The van der Waals surface area contributed by atoms with Crippen LogP contribution in [0, 0.1) is 0 Å². The van der Waals surface area contributed by atoms with E-state index in [1.807, 2.05) is 0 Å². The molecule has 0 fully saturated rings. The number of amides is 1. The lowest BCUT2D eigenvalue weighted by molar-refractivity contribution is -0.137. The molecule has 0 saturated heterocycles. The van der Waals surface area contributed by atoms with Gasteiger partial charge in [0.1, 0.15) is 5.76 Å². The molecule has 0 saturated carbocycles. The third-order valence-corrected chi connectivity index (χ3v) is 4.42. The Morgan fingerprint density at radius 2 is 1.59 bits per heavy atom. The number of hydrogen-bond donors (Lipinski definition) is 1. The van der Waals surface area contributed by atoms with Gasteiger partial charge >= 0.3 is 18.1 Å². The molecule has 0 atom stereocenters. The monoisotopic (exact) mass is 447 g/mol. The maximum Gasteiger partial charge on any atom is 0.417 e.